The van der Waals surface area contributed by atoms with Crippen molar-refractivity contribution in [1.29, 1.82) is 0 Å². The van der Waals surface area contributed by atoms with Gasteiger partial charge in [0.05, 0.1) is 22.3 Å². The van der Waals surface area contributed by atoms with E-state index in [-0.39, 0.29) is 0 Å². The van der Waals surface area contributed by atoms with Crippen LogP contribution >= 0.6 is 22.9 Å². The second-order valence-electron chi connectivity index (χ2n) is 3.66. The Hall–Kier alpha value is -1.70. The number of aromatic nitrogens is 4. The lowest BCUT2D eigenvalue weighted by atomic mass is 10.4. The van der Waals surface area contributed by atoms with E-state index in [1.54, 1.807) is 10.9 Å². The second-order valence-corrected chi connectivity index (χ2v) is 4.96. The zero-order valence-corrected chi connectivity index (χ0v) is 11.0. The second kappa shape index (κ2) is 4.20. The smallest absolute Gasteiger partial charge is 0.240 e. The van der Waals surface area contributed by atoms with Crippen LogP contribution in [0.15, 0.2) is 17.6 Å². The predicted octanol–water partition coefficient (Wildman–Crippen LogP) is 2.12. The van der Waals surface area contributed by atoms with Crippen molar-refractivity contribution in [2.75, 3.05) is 5.43 Å². The molecule has 0 aliphatic heterocycles. The summed E-state index contributed by atoms with van der Waals surface area (Å²) in [4.78, 5) is 9.43. The van der Waals surface area contributed by atoms with Crippen LogP contribution in [0.4, 0.5) is 5.95 Å². The van der Waals surface area contributed by atoms with Crippen LogP contribution in [0.1, 0.15) is 5.69 Å². The molecule has 3 aromatic heterocycles. The van der Waals surface area contributed by atoms with E-state index in [2.05, 4.69) is 20.5 Å². The summed E-state index contributed by atoms with van der Waals surface area (Å²) in [6.45, 7) is 1.84. The SMILES string of the molecule is Cc1nn(-c2nc(NN)nc3sccc23)cc1Cl. The first-order valence-electron chi connectivity index (χ1n) is 5.13. The van der Waals surface area contributed by atoms with E-state index in [4.69, 9.17) is 17.4 Å². The molecule has 0 saturated heterocycles. The standard InChI is InChI=1S/C10H9ClN6S/c1-5-7(11)4-17(16-5)8-6-2-3-18-9(6)14-10(13-8)15-12/h2-4H,12H2,1H3,(H,13,14,15). The molecule has 0 unspecified atom stereocenters. The van der Waals surface area contributed by atoms with Crippen LogP contribution in [-0.2, 0) is 0 Å². The number of nitrogen functional groups attached to an aromatic ring is 1. The number of aryl methyl sites for hydroxylation is 1. The normalized spacial score (nSPS) is 11.1. The number of hydrazine groups is 1. The highest BCUT2D eigenvalue weighted by atomic mass is 35.5. The van der Waals surface area contributed by atoms with Gasteiger partial charge in [-0.1, -0.05) is 11.6 Å². The molecule has 8 heteroatoms. The fourth-order valence-electron chi connectivity index (χ4n) is 1.63. The van der Waals surface area contributed by atoms with Crippen molar-refractivity contribution in [2.45, 2.75) is 6.92 Å². The molecule has 0 saturated carbocycles. The van der Waals surface area contributed by atoms with Crippen molar-refractivity contribution in [3.63, 3.8) is 0 Å². The Balaban J connectivity index is 2.29. The van der Waals surface area contributed by atoms with Crippen LogP contribution < -0.4 is 11.3 Å². The van der Waals surface area contributed by atoms with E-state index in [0.29, 0.717) is 16.8 Å². The lowest BCUT2D eigenvalue weighted by molar-refractivity contribution is 0.837. The number of fused-ring (bicyclic) bond motifs is 1. The van der Waals surface area contributed by atoms with Crippen molar-refractivity contribution in [3.05, 3.63) is 28.4 Å². The first-order chi connectivity index (χ1) is 8.69. The Morgan fingerprint density at radius 2 is 2.28 bits per heavy atom. The number of nitrogens with one attached hydrogen (secondary N) is 1. The molecule has 0 radical (unpaired) electrons. The highest BCUT2D eigenvalue weighted by Crippen LogP contribution is 2.26. The number of nitrogens with two attached hydrogens (primary N) is 1. The molecule has 3 N–H and O–H groups in total. The first-order valence-corrected chi connectivity index (χ1v) is 6.39. The van der Waals surface area contributed by atoms with Crippen LogP contribution in [0.25, 0.3) is 16.0 Å². The van der Waals surface area contributed by atoms with Crippen LogP contribution in [0.5, 0.6) is 0 Å². The number of anilines is 1. The highest BCUT2D eigenvalue weighted by molar-refractivity contribution is 7.16. The lowest BCUT2D eigenvalue weighted by Crippen LogP contribution is -2.12. The number of thiophene rings is 1. The molecule has 3 rings (SSSR count). The van der Waals surface area contributed by atoms with Crippen LogP contribution in [-0.4, -0.2) is 19.7 Å². The number of hydrogen-bond donors (Lipinski definition) is 2. The minimum absolute atomic E-state index is 0.351. The van der Waals surface area contributed by atoms with Crippen molar-refractivity contribution in [2.24, 2.45) is 5.84 Å². The molecule has 0 amide bonds. The molecule has 0 spiro atoms. The topological polar surface area (TPSA) is 81.7 Å². The summed E-state index contributed by atoms with van der Waals surface area (Å²) in [6.07, 6.45) is 1.72. The molecule has 0 aliphatic rings. The van der Waals surface area contributed by atoms with Crippen LogP contribution in [0, 0.1) is 6.92 Å². The first kappa shape index (κ1) is 11.4. The summed E-state index contributed by atoms with van der Waals surface area (Å²) < 4.78 is 1.63. The number of rotatable bonds is 2. The molecule has 0 fully saturated rings. The highest BCUT2D eigenvalue weighted by Gasteiger charge is 2.12. The molecular weight excluding hydrogens is 272 g/mol. The van der Waals surface area contributed by atoms with E-state index in [9.17, 15) is 0 Å². The van der Waals surface area contributed by atoms with Gasteiger partial charge in [-0.2, -0.15) is 10.1 Å². The minimum Gasteiger partial charge on any atom is -0.292 e. The summed E-state index contributed by atoms with van der Waals surface area (Å²) in [5.74, 6) is 6.37. The molecule has 3 aromatic rings. The van der Waals surface area contributed by atoms with Gasteiger partial charge in [0.15, 0.2) is 5.82 Å². The van der Waals surface area contributed by atoms with Gasteiger partial charge in [0.1, 0.15) is 4.83 Å². The molecule has 92 valence electrons. The minimum atomic E-state index is 0.351. The maximum atomic E-state index is 6.01. The summed E-state index contributed by atoms with van der Waals surface area (Å²) in [5.41, 5.74) is 3.20. The average Bonchev–Trinajstić information content (AvgIpc) is 2.95. The molecule has 0 aliphatic carbocycles. The number of hydrogen-bond acceptors (Lipinski definition) is 6. The van der Waals surface area contributed by atoms with Gasteiger partial charge in [0.2, 0.25) is 5.95 Å². The number of nitrogens with zero attached hydrogens (tertiary/aromatic N) is 4. The monoisotopic (exact) mass is 280 g/mol. The molecular formula is C10H9ClN6S. The largest absolute Gasteiger partial charge is 0.292 e. The zero-order valence-electron chi connectivity index (χ0n) is 9.38. The summed E-state index contributed by atoms with van der Waals surface area (Å²) in [5, 5.41) is 7.77. The fourth-order valence-corrected chi connectivity index (χ4v) is 2.52. The Morgan fingerprint density at radius 1 is 1.44 bits per heavy atom. The molecule has 0 bridgehead atoms. The van der Waals surface area contributed by atoms with Gasteiger partial charge >= 0.3 is 0 Å². The molecule has 0 aromatic carbocycles. The maximum absolute atomic E-state index is 6.01. The Bertz CT molecular complexity index is 699. The van der Waals surface area contributed by atoms with Gasteiger partial charge in [0.25, 0.3) is 0 Å². The van der Waals surface area contributed by atoms with E-state index in [1.165, 1.54) is 11.3 Å². The average molecular weight is 281 g/mol. The van der Waals surface area contributed by atoms with E-state index in [1.807, 2.05) is 18.4 Å². The quantitative estimate of drug-likeness (QED) is 0.555. The van der Waals surface area contributed by atoms with Gasteiger partial charge in [0, 0.05) is 0 Å². The lowest BCUT2D eigenvalue weighted by Gasteiger charge is -2.04. The van der Waals surface area contributed by atoms with Crippen LogP contribution in [0.3, 0.4) is 0 Å². The molecule has 18 heavy (non-hydrogen) atoms. The van der Waals surface area contributed by atoms with Gasteiger partial charge in [-0.05, 0) is 18.4 Å². The van der Waals surface area contributed by atoms with Gasteiger partial charge < -0.3 is 0 Å². The van der Waals surface area contributed by atoms with Crippen molar-refractivity contribution < 1.29 is 0 Å². The van der Waals surface area contributed by atoms with Crippen molar-refractivity contribution in [3.8, 4) is 5.82 Å². The van der Waals surface area contributed by atoms with Gasteiger partial charge in [-0.3, -0.25) is 5.43 Å². The van der Waals surface area contributed by atoms with Gasteiger partial charge in [-0.25, -0.2) is 15.5 Å². The van der Waals surface area contributed by atoms with E-state index < -0.39 is 0 Å². The maximum Gasteiger partial charge on any atom is 0.240 e. The van der Waals surface area contributed by atoms with Crippen molar-refractivity contribution in [1.82, 2.24) is 19.7 Å². The van der Waals surface area contributed by atoms with E-state index in [0.717, 1.165) is 15.9 Å². The van der Waals surface area contributed by atoms with Crippen LogP contribution in [0.2, 0.25) is 5.02 Å². The summed E-state index contributed by atoms with van der Waals surface area (Å²) in [7, 11) is 0. The predicted molar refractivity (Wildman–Crippen MR) is 72.1 cm³/mol. The third-order valence-electron chi connectivity index (χ3n) is 2.49. The van der Waals surface area contributed by atoms with Gasteiger partial charge in [-0.15, -0.1) is 11.3 Å². The zero-order chi connectivity index (χ0) is 12.7. The molecule has 0 atom stereocenters. The Labute approximate surface area is 111 Å². The van der Waals surface area contributed by atoms with Crippen molar-refractivity contribution >= 4 is 39.1 Å². The molecule has 6 nitrogen and oxygen atoms in total. The third kappa shape index (κ3) is 1.72. The molecule has 3 heterocycles. The van der Waals surface area contributed by atoms with E-state index >= 15 is 0 Å². The summed E-state index contributed by atoms with van der Waals surface area (Å²) >= 11 is 7.53. The number of halogens is 1. The third-order valence-corrected chi connectivity index (χ3v) is 3.67. The Kier molecular flexibility index (Phi) is 2.66. The fraction of sp³-hybridized carbons (Fsp3) is 0.100. The summed E-state index contributed by atoms with van der Waals surface area (Å²) in [6, 6.07) is 1.94. The Morgan fingerprint density at radius 3 is 2.94 bits per heavy atom.